The monoisotopic (exact) mass is 431 g/mol. The maximum atomic E-state index is 15.0. The van der Waals surface area contributed by atoms with Crippen LogP contribution in [-0.2, 0) is 0 Å². The third kappa shape index (κ3) is 3.44. The number of hydrogen-bond acceptors (Lipinski definition) is 4. The van der Waals surface area contributed by atoms with Gasteiger partial charge >= 0.3 is 5.97 Å². The highest BCUT2D eigenvalue weighted by atomic mass is 19.1. The first-order valence-corrected chi connectivity index (χ1v) is 9.58. The molecule has 0 spiro atoms. The van der Waals surface area contributed by atoms with Crippen LogP contribution in [-0.4, -0.2) is 34.8 Å². The number of halogens is 3. The highest BCUT2D eigenvalue weighted by molar-refractivity contribution is 5.94. The zero-order valence-electron chi connectivity index (χ0n) is 16.8. The molecule has 0 bridgehead atoms. The molecule has 1 aliphatic rings. The van der Waals surface area contributed by atoms with Crippen LogP contribution in [0.15, 0.2) is 41.3 Å². The predicted octanol–water partition coefficient (Wildman–Crippen LogP) is 3.28. The van der Waals surface area contributed by atoms with Crippen LogP contribution < -0.4 is 16.1 Å². The Bertz CT molecular complexity index is 1290. The van der Waals surface area contributed by atoms with Crippen molar-refractivity contribution in [3.05, 3.63) is 69.8 Å². The average Bonchev–Trinajstić information content (AvgIpc) is 2.95. The molecule has 1 aromatic heterocycles. The van der Waals surface area contributed by atoms with Crippen LogP contribution in [0.4, 0.5) is 18.9 Å². The summed E-state index contributed by atoms with van der Waals surface area (Å²) in [6.07, 6.45) is 0.963. The van der Waals surface area contributed by atoms with Gasteiger partial charge in [0.1, 0.15) is 23.0 Å². The summed E-state index contributed by atoms with van der Waals surface area (Å²) in [6, 6.07) is 4.89. The van der Waals surface area contributed by atoms with Gasteiger partial charge in [-0.05, 0) is 29.7 Å². The Kier molecular flexibility index (Phi) is 4.81. The fraction of sp³-hybridized carbons (Fsp3) is 0.273. The van der Waals surface area contributed by atoms with E-state index >= 15 is 4.39 Å². The van der Waals surface area contributed by atoms with E-state index in [1.54, 1.807) is 4.90 Å². The van der Waals surface area contributed by atoms with Gasteiger partial charge in [-0.25, -0.2) is 18.0 Å². The summed E-state index contributed by atoms with van der Waals surface area (Å²) in [5.41, 5.74) is 4.40. The lowest BCUT2D eigenvalue weighted by Crippen LogP contribution is -2.35. The van der Waals surface area contributed by atoms with Crippen LogP contribution in [0.1, 0.15) is 24.2 Å². The number of carboxylic acid groups (broad SMARTS) is 1. The van der Waals surface area contributed by atoms with Gasteiger partial charge in [0.15, 0.2) is 0 Å². The van der Waals surface area contributed by atoms with Crippen LogP contribution in [0.2, 0.25) is 0 Å². The summed E-state index contributed by atoms with van der Waals surface area (Å²) in [7, 11) is 0. The molecule has 6 nitrogen and oxygen atoms in total. The number of aromatic nitrogens is 1. The van der Waals surface area contributed by atoms with Crippen LogP contribution in [0, 0.1) is 22.9 Å². The van der Waals surface area contributed by atoms with Crippen molar-refractivity contribution in [3.63, 3.8) is 0 Å². The molecule has 1 fully saturated rings. The van der Waals surface area contributed by atoms with Gasteiger partial charge in [-0.1, -0.05) is 13.8 Å². The lowest BCUT2D eigenvalue weighted by Gasteiger charge is -2.23. The Morgan fingerprint density at radius 1 is 1.13 bits per heavy atom. The number of pyridine rings is 1. The number of carboxylic acids is 1. The number of fused-ring (bicyclic) bond motifs is 1. The molecule has 0 aliphatic carbocycles. The van der Waals surface area contributed by atoms with E-state index in [1.165, 1.54) is 6.07 Å². The van der Waals surface area contributed by atoms with E-state index in [0.717, 1.165) is 29.0 Å². The van der Waals surface area contributed by atoms with Gasteiger partial charge in [-0.2, -0.15) is 0 Å². The summed E-state index contributed by atoms with van der Waals surface area (Å²) < 4.78 is 44.1. The van der Waals surface area contributed by atoms with E-state index < -0.39 is 34.4 Å². The quantitative estimate of drug-likeness (QED) is 0.665. The van der Waals surface area contributed by atoms with Crippen molar-refractivity contribution < 1.29 is 23.1 Å². The summed E-state index contributed by atoms with van der Waals surface area (Å²) in [5, 5.41) is 9.18. The second kappa shape index (κ2) is 7.12. The minimum atomic E-state index is -1.54. The van der Waals surface area contributed by atoms with E-state index in [2.05, 4.69) is 0 Å². The van der Waals surface area contributed by atoms with Crippen LogP contribution >= 0.6 is 0 Å². The molecule has 2 aromatic carbocycles. The van der Waals surface area contributed by atoms with Crippen molar-refractivity contribution in [3.8, 4) is 5.69 Å². The Labute approximate surface area is 175 Å². The molecule has 3 aromatic rings. The minimum Gasteiger partial charge on any atom is -0.477 e. The maximum absolute atomic E-state index is 15.0. The first-order valence-electron chi connectivity index (χ1n) is 9.58. The van der Waals surface area contributed by atoms with E-state index in [4.69, 9.17) is 5.73 Å². The van der Waals surface area contributed by atoms with Gasteiger partial charge in [-0.15, -0.1) is 0 Å². The molecule has 2 heterocycles. The number of aromatic carboxylic acids is 1. The zero-order chi connectivity index (χ0) is 22.7. The van der Waals surface area contributed by atoms with Crippen molar-refractivity contribution in [2.45, 2.75) is 19.9 Å². The van der Waals surface area contributed by atoms with Crippen LogP contribution in [0.5, 0.6) is 0 Å². The zero-order valence-corrected chi connectivity index (χ0v) is 16.8. The molecular weight excluding hydrogens is 411 g/mol. The standard InChI is InChI=1S/C22H20F3N3O3/c1-22(2)10-27(9-19(22)26)18-7-17-12(6-15(18)25)20(29)13(21(30)31)8-28(17)16-4-3-11(23)5-14(16)24/h3-8,19H,9-10,26H2,1-2H3,(H,30,31)/t19-/m1/s1. The van der Waals surface area contributed by atoms with Gasteiger partial charge in [0, 0.05) is 36.8 Å². The van der Waals surface area contributed by atoms with Crippen LogP contribution in [0.3, 0.4) is 0 Å². The Hall–Kier alpha value is -3.33. The summed E-state index contributed by atoms with van der Waals surface area (Å²) in [5.74, 6) is -4.04. The highest BCUT2D eigenvalue weighted by Gasteiger charge is 2.38. The molecule has 9 heteroatoms. The molecular formula is C22H20F3N3O3. The average molecular weight is 431 g/mol. The summed E-state index contributed by atoms with van der Waals surface area (Å²) in [6.45, 7) is 4.75. The molecule has 0 saturated carbocycles. The number of nitrogens with zero attached hydrogens (tertiary/aromatic N) is 2. The molecule has 162 valence electrons. The lowest BCUT2D eigenvalue weighted by atomic mass is 9.89. The Morgan fingerprint density at radius 2 is 1.81 bits per heavy atom. The highest BCUT2D eigenvalue weighted by Crippen LogP contribution is 2.35. The number of anilines is 1. The molecule has 0 unspecified atom stereocenters. The first kappa shape index (κ1) is 20.9. The Balaban J connectivity index is 2.02. The number of carbonyl (C=O) groups is 1. The normalized spacial score (nSPS) is 18.0. The van der Waals surface area contributed by atoms with E-state index in [9.17, 15) is 23.5 Å². The van der Waals surface area contributed by atoms with E-state index in [-0.39, 0.29) is 33.7 Å². The Morgan fingerprint density at radius 3 is 2.39 bits per heavy atom. The molecule has 1 aliphatic heterocycles. The number of nitrogens with two attached hydrogens (primary N) is 1. The predicted molar refractivity (Wildman–Crippen MR) is 110 cm³/mol. The van der Waals surface area contributed by atoms with Crippen molar-refractivity contribution in [1.82, 2.24) is 4.57 Å². The van der Waals surface area contributed by atoms with Gasteiger partial charge in [-0.3, -0.25) is 4.79 Å². The third-order valence-corrected chi connectivity index (χ3v) is 5.83. The lowest BCUT2D eigenvalue weighted by molar-refractivity contribution is 0.0695. The summed E-state index contributed by atoms with van der Waals surface area (Å²) in [4.78, 5) is 26.0. The van der Waals surface area contributed by atoms with Crippen molar-refractivity contribution in [2.24, 2.45) is 11.1 Å². The molecule has 1 saturated heterocycles. The fourth-order valence-corrected chi connectivity index (χ4v) is 3.95. The molecule has 1 atom stereocenters. The molecule has 4 rings (SSSR count). The molecule has 0 amide bonds. The second-order valence-electron chi connectivity index (χ2n) is 8.44. The van der Waals surface area contributed by atoms with Gasteiger partial charge in [0.05, 0.1) is 16.9 Å². The first-order chi connectivity index (χ1) is 14.5. The fourth-order valence-electron chi connectivity index (χ4n) is 3.95. The van der Waals surface area contributed by atoms with Gasteiger partial charge in [0.25, 0.3) is 0 Å². The molecule has 3 N–H and O–H groups in total. The van der Waals surface area contributed by atoms with E-state index in [1.807, 2.05) is 13.8 Å². The van der Waals surface area contributed by atoms with Gasteiger partial charge < -0.3 is 20.3 Å². The van der Waals surface area contributed by atoms with Crippen molar-refractivity contribution in [1.29, 1.82) is 0 Å². The maximum Gasteiger partial charge on any atom is 0.341 e. The number of hydrogen-bond donors (Lipinski definition) is 2. The molecule has 31 heavy (non-hydrogen) atoms. The van der Waals surface area contributed by atoms with Crippen molar-refractivity contribution >= 4 is 22.6 Å². The number of benzene rings is 2. The third-order valence-electron chi connectivity index (χ3n) is 5.83. The SMILES string of the molecule is CC1(C)CN(c2cc3c(cc2F)c(=O)c(C(=O)O)cn3-c2ccc(F)cc2F)C[C@H]1N. The van der Waals surface area contributed by atoms with Crippen molar-refractivity contribution in [2.75, 3.05) is 18.0 Å². The largest absolute Gasteiger partial charge is 0.477 e. The topological polar surface area (TPSA) is 88.6 Å². The number of rotatable bonds is 3. The van der Waals surface area contributed by atoms with Gasteiger partial charge in [0.2, 0.25) is 5.43 Å². The minimum absolute atomic E-state index is 0.0928. The summed E-state index contributed by atoms with van der Waals surface area (Å²) >= 11 is 0. The second-order valence-corrected chi connectivity index (χ2v) is 8.44. The van der Waals surface area contributed by atoms with E-state index in [0.29, 0.717) is 19.2 Å². The van der Waals surface area contributed by atoms with Crippen LogP contribution in [0.25, 0.3) is 16.6 Å². The smallest absolute Gasteiger partial charge is 0.341 e. The molecule has 0 radical (unpaired) electrons.